The molecule has 0 bridgehead atoms. The van der Waals surface area contributed by atoms with E-state index in [1.807, 2.05) is 170 Å². The molecule has 0 saturated heterocycles. The van der Waals surface area contributed by atoms with Gasteiger partial charge in [0.25, 0.3) is 0 Å². The Morgan fingerprint density at radius 1 is 0.143 bits per heavy atom. The van der Waals surface area contributed by atoms with Crippen LogP contribution in [0, 0.1) is 0 Å². The van der Waals surface area contributed by atoms with Crippen molar-refractivity contribution in [3.05, 3.63) is 467 Å². The molecular formula is C123H77N9O. The Morgan fingerprint density at radius 2 is 0.451 bits per heavy atom. The highest BCUT2D eigenvalue weighted by molar-refractivity contribution is 6.21. The van der Waals surface area contributed by atoms with Crippen LogP contribution in [0.1, 0.15) is 0 Å². The molecule has 133 heavy (non-hydrogen) atoms. The summed E-state index contributed by atoms with van der Waals surface area (Å²) in [7, 11) is 0. The number of fused-ring (bicyclic) bond motifs is 18. The number of pyridine rings is 1. The highest BCUT2D eigenvalue weighted by atomic mass is 16.3. The van der Waals surface area contributed by atoms with Gasteiger partial charge >= 0.3 is 0 Å². The van der Waals surface area contributed by atoms with E-state index in [4.69, 9.17) is 49.3 Å². The van der Waals surface area contributed by atoms with Crippen LogP contribution in [-0.4, -0.2) is 44.9 Å². The van der Waals surface area contributed by atoms with E-state index >= 15 is 0 Å². The Balaban J connectivity index is 0.000000110. The molecule has 0 unspecified atom stereocenters. The first-order valence-electron chi connectivity index (χ1n) is 44.7. The van der Waals surface area contributed by atoms with Gasteiger partial charge in [0.1, 0.15) is 11.2 Å². The largest absolute Gasteiger partial charge is 0.456 e. The molecule has 26 aromatic rings. The molecule has 0 spiro atoms. The van der Waals surface area contributed by atoms with Gasteiger partial charge in [0.05, 0.1) is 17.1 Å². The van der Waals surface area contributed by atoms with Crippen LogP contribution in [-0.2, 0) is 0 Å². The fourth-order valence-corrected chi connectivity index (χ4v) is 18.8. The van der Waals surface area contributed by atoms with Crippen molar-refractivity contribution in [3.63, 3.8) is 0 Å². The first-order chi connectivity index (χ1) is 65.9. The maximum atomic E-state index is 6.20. The minimum Gasteiger partial charge on any atom is -0.456 e. The second kappa shape index (κ2) is 34.0. The number of para-hydroxylation sites is 1. The maximum Gasteiger partial charge on any atom is 0.164 e. The molecule has 0 fully saturated rings. The van der Waals surface area contributed by atoms with Crippen molar-refractivity contribution >= 4 is 119 Å². The average Bonchev–Trinajstić information content (AvgIpc) is 1.57. The Hall–Kier alpha value is -18.0. The first-order valence-corrected chi connectivity index (χ1v) is 44.7. The number of furan rings is 1. The third-order valence-corrected chi connectivity index (χ3v) is 25.4. The molecule has 0 saturated carbocycles. The number of benzene rings is 21. The zero-order valence-electron chi connectivity index (χ0n) is 71.9. The van der Waals surface area contributed by atoms with Crippen LogP contribution in [0.5, 0.6) is 0 Å². The number of hydrogen-bond donors (Lipinski definition) is 0. The minimum atomic E-state index is 0.616. The lowest BCUT2D eigenvalue weighted by Gasteiger charge is -2.12. The maximum absolute atomic E-state index is 6.20. The van der Waals surface area contributed by atoms with E-state index in [0.29, 0.717) is 40.8 Å². The van der Waals surface area contributed by atoms with Gasteiger partial charge in [-0.05, 0) is 174 Å². The van der Waals surface area contributed by atoms with Gasteiger partial charge in [0.2, 0.25) is 0 Å². The SMILES string of the molecule is c1ccc(-c2cc(-c3ccccc3)nc(-c3ccnc(-c4ccc5ccc6c7ccccc7ccc6c5c4)c3)n2)cc1.c1ccc(-c2nc(-c3cccc4c3ccc3c5ccccc5ccc43)nc(-c3cccc4oc5ccccc5c34)n2)cc1.c1ccc(-c2nc(-c3ccccc3)nc(-c3cccc(-c4cccc(-c5ccc6ccc7c8ccccc8ccc7c6c5)c4)c3)n2)cc1. The summed E-state index contributed by atoms with van der Waals surface area (Å²) in [5.74, 6) is 4.52. The van der Waals surface area contributed by atoms with Crippen molar-refractivity contribution in [3.8, 4) is 136 Å². The normalized spacial score (nSPS) is 11.5. The Morgan fingerprint density at radius 3 is 0.977 bits per heavy atom. The molecule has 10 heteroatoms. The number of nitrogens with zero attached hydrogens (tertiary/aromatic N) is 9. The van der Waals surface area contributed by atoms with E-state index in [1.54, 1.807) is 0 Å². The molecule has 0 atom stereocenters. The molecule has 5 aromatic heterocycles. The molecule has 0 aliphatic carbocycles. The molecule has 0 radical (unpaired) electrons. The van der Waals surface area contributed by atoms with Crippen molar-refractivity contribution in [2.24, 2.45) is 0 Å². The molecular weight excluding hydrogens is 1620 g/mol. The third-order valence-electron chi connectivity index (χ3n) is 25.4. The second-order valence-corrected chi connectivity index (χ2v) is 33.4. The molecule has 0 aliphatic rings. The summed E-state index contributed by atoms with van der Waals surface area (Å²) >= 11 is 0. The van der Waals surface area contributed by atoms with Gasteiger partial charge in [-0.1, -0.05) is 406 Å². The van der Waals surface area contributed by atoms with E-state index in [0.717, 1.165) is 111 Å². The molecule has 0 aliphatic heterocycles. The van der Waals surface area contributed by atoms with Gasteiger partial charge in [-0.3, -0.25) is 4.98 Å². The van der Waals surface area contributed by atoms with Gasteiger partial charge in [-0.2, -0.15) is 0 Å². The summed E-state index contributed by atoms with van der Waals surface area (Å²) in [4.78, 5) is 44.8. The average molecular weight is 1700 g/mol. The van der Waals surface area contributed by atoms with Crippen molar-refractivity contribution < 1.29 is 4.42 Å². The lowest BCUT2D eigenvalue weighted by molar-refractivity contribution is 0.669. The summed E-state index contributed by atoms with van der Waals surface area (Å²) < 4.78 is 6.20. The van der Waals surface area contributed by atoms with Gasteiger partial charge < -0.3 is 4.42 Å². The lowest BCUT2D eigenvalue weighted by Crippen LogP contribution is -2.00. The summed E-state index contributed by atoms with van der Waals surface area (Å²) in [6.07, 6.45) is 1.85. The van der Waals surface area contributed by atoms with Crippen molar-refractivity contribution in [2.75, 3.05) is 0 Å². The zero-order chi connectivity index (χ0) is 88.1. The van der Waals surface area contributed by atoms with Gasteiger partial charge in [0, 0.05) is 72.6 Å². The van der Waals surface area contributed by atoms with Crippen LogP contribution in [0.15, 0.2) is 472 Å². The van der Waals surface area contributed by atoms with E-state index in [9.17, 15) is 0 Å². The quantitative estimate of drug-likeness (QED) is 0.109. The molecule has 21 aromatic carbocycles. The molecule has 0 amide bonds. The number of aromatic nitrogens is 9. The Labute approximate surface area is 766 Å². The highest BCUT2D eigenvalue weighted by Crippen LogP contribution is 2.43. The molecule has 0 N–H and O–H groups in total. The van der Waals surface area contributed by atoms with Crippen LogP contribution in [0.25, 0.3) is 255 Å². The van der Waals surface area contributed by atoms with E-state index in [2.05, 4.69) is 297 Å². The third kappa shape index (κ3) is 15.1. The number of rotatable bonds is 12. The predicted molar refractivity (Wildman–Crippen MR) is 550 cm³/mol. The van der Waals surface area contributed by atoms with Gasteiger partial charge in [0.15, 0.2) is 40.8 Å². The molecule has 10 nitrogen and oxygen atoms in total. The van der Waals surface area contributed by atoms with Crippen molar-refractivity contribution in [2.45, 2.75) is 0 Å². The van der Waals surface area contributed by atoms with Crippen LogP contribution in [0.3, 0.4) is 0 Å². The van der Waals surface area contributed by atoms with Crippen LogP contribution >= 0.6 is 0 Å². The fraction of sp³-hybridized carbons (Fsp3) is 0. The molecule has 620 valence electrons. The van der Waals surface area contributed by atoms with E-state index < -0.39 is 0 Å². The van der Waals surface area contributed by atoms with E-state index in [1.165, 1.54) is 103 Å². The predicted octanol–water partition coefficient (Wildman–Crippen LogP) is 31.9. The first kappa shape index (κ1) is 78.5. The summed E-state index contributed by atoms with van der Waals surface area (Å²) in [6.45, 7) is 0. The standard InChI is InChI=1S/C45H29N3.C39H23N3O.C39H25N3/c1-3-12-32(13-4-1)43-46-44(33-14-5-2-6-15-33)48-45(47-43)38-19-10-18-36(28-38)34-16-9-17-35(27-34)37-22-21-31-24-25-40-39-20-8-7-11-30(39)23-26-41(40)42(31)29-37;1-2-11-25(12-3-1)37-40-38(42-39(41-37)33-17-9-19-35-36(33)32-14-6-7-18-34(32)43-35)31-16-8-15-27-29-21-20-24-10-4-5-13-26(24)28(29)22-23-30(27)31;1-3-10-28(11-4-1)37-25-38(29-12-5-2-6-13-29)42-39(41-37)31-21-22-40-36(24-31)30-16-15-27-18-19-33-32-14-8-7-9-26(32)17-20-34(33)35(27)23-30/h1-29H;1-23H;1-25H. The van der Waals surface area contributed by atoms with Crippen molar-refractivity contribution in [1.82, 2.24) is 44.9 Å². The smallest absolute Gasteiger partial charge is 0.164 e. The summed E-state index contributed by atoms with van der Waals surface area (Å²) in [6, 6.07) is 161. The Bertz CT molecular complexity index is 8910. The summed E-state index contributed by atoms with van der Waals surface area (Å²) in [5.41, 5.74) is 18.7. The zero-order valence-corrected chi connectivity index (χ0v) is 71.9. The van der Waals surface area contributed by atoms with E-state index in [-0.39, 0.29) is 0 Å². The summed E-state index contributed by atoms with van der Waals surface area (Å²) in [5, 5.41) is 24.3. The van der Waals surface area contributed by atoms with Crippen LogP contribution in [0.2, 0.25) is 0 Å². The van der Waals surface area contributed by atoms with Gasteiger partial charge in [-0.15, -0.1) is 0 Å². The Kier molecular flexibility index (Phi) is 20.1. The molecule has 26 rings (SSSR count). The van der Waals surface area contributed by atoms with Crippen LogP contribution < -0.4 is 0 Å². The number of hydrogen-bond acceptors (Lipinski definition) is 10. The van der Waals surface area contributed by atoms with Gasteiger partial charge in [-0.25, -0.2) is 39.9 Å². The molecule has 5 heterocycles. The monoisotopic (exact) mass is 1700 g/mol. The lowest BCUT2D eigenvalue weighted by atomic mass is 9.93. The van der Waals surface area contributed by atoms with Crippen LogP contribution in [0.4, 0.5) is 0 Å². The second-order valence-electron chi connectivity index (χ2n) is 33.4. The minimum absolute atomic E-state index is 0.616. The highest BCUT2D eigenvalue weighted by Gasteiger charge is 2.22. The van der Waals surface area contributed by atoms with Crippen molar-refractivity contribution in [1.29, 1.82) is 0 Å². The fourth-order valence-electron chi connectivity index (χ4n) is 18.8. The topological polar surface area (TPSA) is 129 Å².